The minimum absolute atomic E-state index is 0.00403. The van der Waals surface area contributed by atoms with Gasteiger partial charge in [0.25, 0.3) is 0 Å². The van der Waals surface area contributed by atoms with Crippen LogP contribution in [0.3, 0.4) is 0 Å². The first kappa shape index (κ1) is 14.3. The molecule has 1 atom stereocenters. The number of carbonyl (C=O) groups excluding carboxylic acids is 1. The Morgan fingerprint density at radius 1 is 1.50 bits per heavy atom. The maximum absolute atomic E-state index is 13.2. The molecule has 22 heavy (non-hydrogen) atoms. The average Bonchev–Trinajstić information content (AvgIpc) is 3.08. The number of nitrogens with one attached hydrogen (secondary N) is 2. The Morgan fingerprint density at radius 2 is 2.36 bits per heavy atom. The highest BCUT2D eigenvalue weighted by Gasteiger charge is 2.12. The Hall–Kier alpha value is -2.63. The van der Waals surface area contributed by atoms with Gasteiger partial charge in [-0.15, -0.1) is 0 Å². The predicted octanol–water partition coefficient (Wildman–Crippen LogP) is 2.25. The molecule has 0 unspecified atom stereocenters. The van der Waals surface area contributed by atoms with Gasteiger partial charge < -0.3 is 14.9 Å². The molecular weight excluding hydrogens is 283 g/mol. The number of benzene rings is 1. The van der Waals surface area contributed by atoms with Gasteiger partial charge in [-0.05, 0) is 30.7 Å². The van der Waals surface area contributed by atoms with Crippen LogP contribution in [0.15, 0.2) is 43.1 Å². The number of aromatic nitrogens is 3. The summed E-state index contributed by atoms with van der Waals surface area (Å²) in [5.74, 6) is -0.350. The maximum atomic E-state index is 13.2. The second-order valence-corrected chi connectivity index (χ2v) is 5.41. The van der Waals surface area contributed by atoms with E-state index in [4.69, 9.17) is 0 Å². The Labute approximate surface area is 127 Å². The lowest BCUT2D eigenvalue weighted by atomic mass is 10.1. The average molecular weight is 300 g/mol. The van der Waals surface area contributed by atoms with Crippen LogP contribution in [0.2, 0.25) is 0 Å². The number of hydrogen-bond acceptors (Lipinski definition) is 2. The zero-order chi connectivity index (χ0) is 15.5. The van der Waals surface area contributed by atoms with E-state index in [0.29, 0.717) is 12.1 Å². The number of carbonyl (C=O) groups is 1. The van der Waals surface area contributed by atoms with Crippen LogP contribution in [-0.2, 0) is 17.8 Å². The zero-order valence-corrected chi connectivity index (χ0v) is 12.2. The molecule has 0 aliphatic rings. The van der Waals surface area contributed by atoms with Gasteiger partial charge in [-0.2, -0.15) is 0 Å². The number of nitrogens with zero attached hydrogens (tertiary/aromatic N) is 2. The first-order valence-corrected chi connectivity index (χ1v) is 7.12. The fraction of sp³-hybridized carbons (Fsp3) is 0.250. The van der Waals surface area contributed by atoms with Crippen molar-refractivity contribution < 1.29 is 9.18 Å². The van der Waals surface area contributed by atoms with Crippen molar-refractivity contribution in [3.8, 4) is 0 Å². The van der Waals surface area contributed by atoms with Crippen LogP contribution in [-0.4, -0.2) is 26.5 Å². The predicted molar refractivity (Wildman–Crippen MR) is 81.8 cm³/mol. The zero-order valence-electron chi connectivity index (χ0n) is 12.2. The molecule has 6 heteroatoms. The minimum atomic E-state index is -0.292. The number of H-pyrrole nitrogens is 1. The van der Waals surface area contributed by atoms with E-state index in [1.165, 1.54) is 12.1 Å². The molecule has 0 saturated carbocycles. The lowest BCUT2D eigenvalue weighted by Crippen LogP contribution is -2.36. The van der Waals surface area contributed by atoms with Crippen LogP contribution in [0.1, 0.15) is 12.5 Å². The van der Waals surface area contributed by atoms with Gasteiger partial charge >= 0.3 is 0 Å². The van der Waals surface area contributed by atoms with Gasteiger partial charge in [0.05, 0.1) is 12.7 Å². The van der Waals surface area contributed by atoms with Gasteiger partial charge in [-0.25, -0.2) is 9.37 Å². The molecule has 5 nitrogen and oxygen atoms in total. The third-order valence-corrected chi connectivity index (χ3v) is 3.53. The summed E-state index contributed by atoms with van der Waals surface area (Å²) < 4.78 is 15.1. The highest BCUT2D eigenvalue weighted by atomic mass is 19.1. The maximum Gasteiger partial charge on any atom is 0.224 e. The number of fused-ring (bicyclic) bond motifs is 1. The van der Waals surface area contributed by atoms with Crippen molar-refractivity contribution in [2.75, 3.05) is 0 Å². The van der Waals surface area contributed by atoms with Crippen LogP contribution in [0.25, 0.3) is 10.9 Å². The summed E-state index contributed by atoms with van der Waals surface area (Å²) in [5.41, 5.74) is 1.57. The third kappa shape index (κ3) is 3.16. The Balaban J connectivity index is 1.63. The summed E-state index contributed by atoms with van der Waals surface area (Å²) in [6.45, 7) is 2.62. The van der Waals surface area contributed by atoms with E-state index in [2.05, 4.69) is 15.3 Å². The molecule has 2 heterocycles. The first-order chi connectivity index (χ1) is 10.6. The van der Waals surface area contributed by atoms with E-state index in [1.807, 2.05) is 17.7 Å². The SMILES string of the molecule is C[C@H](Cn1ccnc1)NC(=O)Cc1c[nH]c2cc(F)ccc12. The normalized spacial score (nSPS) is 12.5. The summed E-state index contributed by atoms with van der Waals surface area (Å²) in [6.07, 6.45) is 7.30. The monoisotopic (exact) mass is 300 g/mol. The van der Waals surface area contributed by atoms with Crippen molar-refractivity contribution >= 4 is 16.8 Å². The summed E-state index contributed by atoms with van der Waals surface area (Å²) in [6, 6.07) is 4.53. The summed E-state index contributed by atoms with van der Waals surface area (Å²) in [7, 11) is 0. The standard InChI is InChI=1S/C16H17FN4O/c1-11(9-21-5-4-18-10-21)20-16(22)6-12-8-19-15-7-13(17)2-3-14(12)15/h2-5,7-8,10-11,19H,6,9H2,1H3,(H,20,22)/t11-/m1/s1. The fourth-order valence-electron chi connectivity index (χ4n) is 2.56. The van der Waals surface area contributed by atoms with E-state index in [0.717, 1.165) is 10.9 Å². The number of halogens is 1. The molecule has 2 N–H and O–H groups in total. The Morgan fingerprint density at radius 3 is 3.14 bits per heavy atom. The van der Waals surface area contributed by atoms with Crippen LogP contribution in [0.5, 0.6) is 0 Å². The number of hydrogen-bond donors (Lipinski definition) is 2. The van der Waals surface area contributed by atoms with Gasteiger partial charge in [-0.1, -0.05) is 0 Å². The molecular formula is C16H17FN4O. The molecule has 114 valence electrons. The first-order valence-electron chi connectivity index (χ1n) is 7.12. The van der Waals surface area contributed by atoms with Gasteiger partial charge in [-0.3, -0.25) is 4.79 Å². The molecule has 1 aromatic carbocycles. The molecule has 0 radical (unpaired) electrons. The Bertz CT molecular complexity index is 779. The second-order valence-electron chi connectivity index (χ2n) is 5.41. The van der Waals surface area contributed by atoms with Crippen LogP contribution in [0, 0.1) is 5.82 Å². The van der Waals surface area contributed by atoms with Crippen molar-refractivity contribution in [1.29, 1.82) is 0 Å². The van der Waals surface area contributed by atoms with E-state index >= 15 is 0 Å². The molecule has 0 aliphatic heterocycles. The summed E-state index contributed by atoms with van der Waals surface area (Å²) in [4.78, 5) is 19.1. The quantitative estimate of drug-likeness (QED) is 0.759. The molecule has 0 saturated heterocycles. The van der Waals surface area contributed by atoms with Crippen LogP contribution < -0.4 is 5.32 Å². The smallest absolute Gasteiger partial charge is 0.224 e. The molecule has 0 spiro atoms. The van der Waals surface area contributed by atoms with Crippen molar-refractivity contribution in [2.24, 2.45) is 0 Å². The van der Waals surface area contributed by atoms with Crippen molar-refractivity contribution in [3.05, 3.63) is 54.5 Å². The number of aromatic amines is 1. The fourth-order valence-corrected chi connectivity index (χ4v) is 2.56. The lowest BCUT2D eigenvalue weighted by molar-refractivity contribution is -0.121. The van der Waals surface area contributed by atoms with Gasteiger partial charge in [0.15, 0.2) is 0 Å². The van der Waals surface area contributed by atoms with E-state index in [-0.39, 0.29) is 24.2 Å². The van der Waals surface area contributed by atoms with Gasteiger partial charge in [0.1, 0.15) is 5.82 Å². The molecule has 0 bridgehead atoms. The van der Waals surface area contributed by atoms with Crippen LogP contribution in [0.4, 0.5) is 4.39 Å². The topological polar surface area (TPSA) is 62.7 Å². The molecule has 1 amide bonds. The lowest BCUT2D eigenvalue weighted by Gasteiger charge is -2.14. The van der Waals surface area contributed by atoms with Crippen molar-refractivity contribution in [3.63, 3.8) is 0 Å². The summed E-state index contributed by atoms with van der Waals surface area (Å²) in [5, 5.41) is 3.83. The second kappa shape index (κ2) is 6.01. The number of rotatable bonds is 5. The largest absolute Gasteiger partial charge is 0.361 e. The van der Waals surface area contributed by atoms with Crippen molar-refractivity contribution in [1.82, 2.24) is 19.9 Å². The van der Waals surface area contributed by atoms with Crippen molar-refractivity contribution in [2.45, 2.75) is 25.9 Å². The number of imidazole rings is 1. The van der Waals surface area contributed by atoms with Gasteiger partial charge in [0.2, 0.25) is 5.91 Å². The molecule has 0 aliphatic carbocycles. The Kier molecular flexibility index (Phi) is 3.91. The highest BCUT2D eigenvalue weighted by Crippen LogP contribution is 2.19. The minimum Gasteiger partial charge on any atom is -0.361 e. The molecule has 0 fully saturated rings. The summed E-state index contributed by atoms with van der Waals surface area (Å²) >= 11 is 0. The number of amides is 1. The molecule has 3 rings (SSSR count). The van der Waals surface area contributed by atoms with E-state index < -0.39 is 0 Å². The molecule has 2 aromatic heterocycles. The van der Waals surface area contributed by atoms with Crippen LogP contribution >= 0.6 is 0 Å². The van der Waals surface area contributed by atoms with Gasteiger partial charge in [0, 0.05) is 42.1 Å². The third-order valence-electron chi connectivity index (χ3n) is 3.53. The molecule has 3 aromatic rings. The van der Waals surface area contributed by atoms with E-state index in [1.54, 1.807) is 24.8 Å². The highest BCUT2D eigenvalue weighted by molar-refractivity contribution is 5.88. The van der Waals surface area contributed by atoms with E-state index in [9.17, 15) is 9.18 Å².